The molecule has 1 saturated carbocycles. The maximum absolute atomic E-state index is 10.5. The Morgan fingerprint density at radius 3 is 2.58 bits per heavy atom. The van der Waals surface area contributed by atoms with Gasteiger partial charge in [-0.1, -0.05) is 36.4 Å². The summed E-state index contributed by atoms with van der Waals surface area (Å²) in [4.78, 5) is 10.5. The molecule has 0 unspecified atom stereocenters. The number of carbonyl (C=O) groups is 1. The summed E-state index contributed by atoms with van der Waals surface area (Å²) in [7, 11) is 0. The number of rotatable bonds is 7. The summed E-state index contributed by atoms with van der Waals surface area (Å²) < 4.78 is 11.7. The largest absolute Gasteiger partial charge is 0.478 e. The summed E-state index contributed by atoms with van der Waals surface area (Å²) in [5.74, 6) is 1.02. The molecule has 4 heteroatoms. The van der Waals surface area contributed by atoms with Crippen molar-refractivity contribution in [3.8, 4) is 11.5 Å². The highest BCUT2D eigenvalue weighted by Gasteiger charge is 2.27. The van der Waals surface area contributed by atoms with Crippen molar-refractivity contribution in [2.24, 2.45) is 5.92 Å². The fourth-order valence-electron chi connectivity index (χ4n) is 2.66. The lowest BCUT2D eigenvalue weighted by atomic mass is 9.82. The first-order chi connectivity index (χ1) is 11.7. The van der Waals surface area contributed by atoms with Crippen LogP contribution in [0.2, 0.25) is 0 Å². The number of benzene rings is 2. The molecule has 0 spiro atoms. The molecule has 0 aliphatic heterocycles. The van der Waals surface area contributed by atoms with Crippen molar-refractivity contribution in [3.05, 3.63) is 72.3 Å². The molecular weight excluding hydrogens is 304 g/mol. The van der Waals surface area contributed by atoms with Gasteiger partial charge in [0.25, 0.3) is 0 Å². The minimum Gasteiger partial charge on any atom is -0.478 e. The Labute approximate surface area is 141 Å². The molecule has 0 bridgehead atoms. The van der Waals surface area contributed by atoms with Gasteiger partial charge in [-0.05, 0) is 48.6 Å². The molecule has 1 aliphatic carbocycles. The van der Waals surface area contributed by atoms with E-state index in [1.165, 1.54) is 6.08 Å². The zero-order chi connectivity index (χ0) is 16.8. The molecule has 1 aliphatic rings. The van der Waals surface area contributed by atoms with Gasteiger partial charge < -0.3 is 14.6 Å². The van der Waals surface area contributed by atoms with Crippen molar-refractivity contribution < 1.29 is 19.4 Å². The van der Waals surface area contributed by atoms with Crippen LogP contribution in [0, 0.1) is 5.92 Å². The normalized spacial score (nSPS) is 19.8. The van der Waals surface area contributed by atoms with Gasteiger partial charge in [-0.25, -0.2) is 4.79 Å². The zero-order valence-corrected chi connectivity index (χ0v) is 13.3. The van der Waals surface area contributed by atoms with E-state index in [4.69, 9.17) is 14.6 Å². The molecule has 1 N–H and O–H groups in total. The molecule has 0 aromatic heterocycles. The second-order valence-corrected chi connectivity index (χ2v) is 5.92. The fraction of sp³-hybridized carbons (Fsp3) is 0.250. The smallest absolute Gasteiger partial charge is 0.327 e. The number of allylic oxidation sites excluding steroid dienone is 1. The van der Waals surface area contributed by atoms with E-state index >= 15 is 0 Å². The van der Waals surface area contributed by atoms with Crippen LogP contribution in [0.15, 0.2) is 66.7 Å². The number of carboxylic acid groups (broad SMARTS) is 1. The van der Waals surface area contributed by atoms with Gasteiger partial charge in [0.2, 0.25) is 0 Å². The molecule has 1 fully saturated rings. The highest BCUT2D eigenvalue weighted by molar-refractivity contribution is 5.79. The van der Waals surface area contributed by atoms with Crippen molar-refractivity contribution in [1.82, 2.24) is 0 Å². The van der Waals surface area contributed by atoms with Crippen LogP contribution in [0.3, 0.4) is 0 Å². The number of ether oxygens (including phenoxy) is 2. The quantitative estimate of drug-likeness (QED) is 0.766. The average molecular weight is 324 g/mol. The van der Waals surface area contributed by atoms with Crippen LogP contribution in [-0.4, -0.2) is 17.2 Å². The van der Waals surface area contributed by atoms with Gasteiger partial charge in [-0.15, -0.1) is 0 Å². The number of carboxylic acids is 1. The molecule has 24 heavy (non-hydrogen) atoms. The van der Waals surface area contributed by atoms with Crippen molar-refractivity contribution >= 4 is 5.97 Å². The van der Waals surface area contributed by atoms with Crippen LogP contribution in [0.25, 0.3) is 0 Å². The van der Waals surface area contributed by atoms with E-state index in [1.807, 2.05) is 54.6 Å². The molecule has 4 nitrogen and oxygen atoms in total. The number of hydrogen-bond donors (Lipinski definition) is 1. The molecule has 3 rings (SSSR count). The van der Waals surface area contributed by atoms with E-state index in [2.05, 4.69) is 0 Å². The van der Waals surface area contributed by atoms with Crippen molar-refractivity contribution in [1.29, 1.82) is 0 Å². The highest BCUT2D eigenvalue weighted by Crippen LogP contribution is 2.32. The van der Waals surface area contributed by atoms with Gasteiger partial charge in [0, 0.05) is 6.08 Å². The summed E-state index contributed by atoms with van der Waals surface area (Å²) in [6.45, 7) is 0.534. The van der Waals surface area contributed by atoms with E-state index in [-0.39, 0.29) is 6.10 Å². The Hall–Kier alpha value is -2.59. The Kier molecular flexibility index (Phi) is 5.29. The lowest BCUT2D eigenvalue weighted by Crippen LogP contribution is -2.30. The zero-order valence-electron chi connectivity index (χ0n) is 13.3. The summed E-state index contributed by atoms with van der Waals surface area (Å²) in [5, 5.41) is 8.60. The van der Waals surface area contributed by atoms with Crippen LogP contribution in [-0.2, 0) is 16.1 Å². The van der Waals surface area contributed by atoms with Gasteiger partial charge in [-0.3, -0.25) is 0 Å². The first-order valence-electron chi connectivity index (χ1n) is 8.03. The van der Waals surface area contributed by atoms with Gasteiger partial charge in [-0.2, -0.15) is 0 Å². The highest BCUT2D eigenvalue weighted by atomic mass is 16.5. The summed E-state index contributed by atoms with van der Waals surface area (Å²) in [6, 6.07) is 17.5. The average Bonchev–Trinajstić information content (AvgIpc) is 2.54. The third-order valence-electron chi connectivity index (χ3n) is 4.01. The Bertz CT molecular complexity index is 703. The number of hydrogen-bond acceptors (Lipinski definition) is 3. The minimum absolute atomic E-state index is 0.201. The third-order valence-corrected chi connectivity index (χ3v) is 4.01. The van der Waals surface area contributed by atoms with E-state index in [1.54, 1.807) is 6.08 Å². The van der Waals surface area contributed by atoms with Gasteiger partial charge in [0.05, 0.1) is 12.7 Å². The second kappa shape index (κ2) is 7.79. The van der Waals surface area contributed by atoms with Gasteiger partial charge in [0.1, 0.15) is 11.5 Å². The SMILES string of the molecule is O=C(O)C=CC1CC(OCc2cccc(Oc3ccccc3)c2)C1. The first kappa shape index (κ1) is 16.3. The van der Waals surface area contributed by atoms with Crippen molar-refractivity contribution in [3.63, 3.8) is 0 Å². The minimum atomic E-state index is -0.894. The van der Waals surface area contributed by atoms with Crippen LogP contribution in [0.4, 0.5) is 0 Å². The molecule has 0 atom stereocenters. The summed E-state index contributed by atoms with van der Waals surface area (Å²) in [6.07, 6.45) is 4.92. The van der Waals surface area contributed by atoms with E-state index < -0.39 is 5.97 Å². The molecule has 0 amide bonds. The van der Waals surface area contributed by atoms with Crippen LogP contribution < -0.4 is 4.74 Å². The molecule has 0 heterocycles. The van der Waals surface area contributed by atoms with Gasteiger partial charge in [0.15, 0.2) is 0 Å². The molecule has 0 radical (unpaired) electrons. The topological polar surface area (TPSA) is 55.8 Å². The standard InChI is InChI=1S/C20H20O4/c21-20(22)10-9-15-11-19(12-15)23-14-16-5-4-8-18(13-16)24-17-6-2-1-3-7-17/h1-10,13,15,19H,11-12,14H2,(H,21,22). The molecule has 124 valence electrons. The number of aliphatic carboxylic acids is 1. The monoisotopic (exact) mass is 324 g/mol. The second-order valence-electron chi connectivity index (χ2n) is 5.92. The predicted molar refractivity (Wildman–Crippen MR) is 91.0 cm³/mol. The molecular formula is C20H20O4. The fourth-order valence-corrected chi connectivity index (χ4v) is 2.66. The molecule has 2 aromatic rings. The molecule has 0 saturated heterocycles. The lowest BCUT2D eigenvalue weighted by Gasteiger charge is -2.33. The maximum Gasteiger partial charge on any atom is 0.327 e. The van der Waals surface area contributed by atoms with Crippen molar-refractivity contribution in [2.75, 3.05) is 0 Å². The number of para-hydroxylation sites is 1. The Morgan fingerprint density at radius 1 is 1.08 bits per heavy atom. The van der Waals surface area contributed by atoms with Gasteiger partial charge >= 0.3 is 5.97 Å². The summed E-state index contributed by atoms with van der Waals surface area (Å²) >= 11 is 0. The lowest BCUT2D eigenvalue weighted by molar-refractivity contribution is -0.131. The Morgan fingerprint density at radius 2 is 1.83 bits per heavy atom. The predicted octanol–water partition coefficient (Wildman–Crippen LogP) is 4.41. The van der Waals surface area contributed by atoms with Crippen molar-refractivity contribution in [2.45, 2.75) is 25.6 Å². The molecule has 2 aromatic carbocycles. The Balaban J connectivity index is 1.47. The van der Waals surface area contributed by atoms with E-state index in [9.17, 15) is 4.79 Å². The third kappa shape index (κ3) is 4.70. The summed E-state index contributed by atoms with van der Waals surface area (Å²) in [5.41, 5.74) is 1.06. The maximum atomic E-state index is 10.5. The van der Waals surface area contributed by atoms with Crippen LogP contribution in [0.1, 0.15) is 18.4 Å². The van der Waals surface area contributed by atoms with Crippen LogP contribution >= 0.6 is 0 Å². The van der Waals surface area contributed by atoms with E-state index in [0.717, 1.165) is 29.9 Å². The van der Waals surface area contributed by atoms with E-state index in [0.29, 0.717) is 12.5 Å². The van der Waals surface area contributed by atoms with Crippen LogP contribution in [0.5, 0.6) is 11.5 Å². The first-order valence-corrected chi connectivity index (χ1v) is 8.03.